The van der Waals surface area contributed by atoms with Crippen molar-refractivity contribution in [2.75, 3.05) is 18.0 Å². The maximum atomic E-state index is 11.9. The molecule has 1 unspecified atom stereocenters. The second-order valence-corrected chi connectivity index (χ2v) is 5.28. The highest BCUT2D eigenvalue weighted by Crippen LogP contribution is 2.24. The molecule has 0 amide bonds. The van der Waals surface area contributed by atoms with Crippen LogP contribution in [-0.2, 0) is 4.79 Å². The lowest BCUT2D eigenvalue weighted by Gasteiger charge is -2.29. The van der Waals surface area contributed by atoms with Crippen molar-refractivity contribution >= 4 is 11.5 Å². The van der Waals surface area contributed by atoms with E-state index in [0.717, 1.165) is 32.4 Å². The number of anilines is 1. The number of ketones is 1. The summed E-state index contributed by atoms with van der Waals surface area (Å²) >= 11 is 0. The van der Waals surface area contributed by atoms with E-state index >= 15 is 0 Å². The molecular weight excluding hydrogens is 222 g/mol. The molecule has 0 aromatic heterocycles. The maximum Gasteiger partial charge on any atom is 0.137 e. The first-order chi connectivity index (χ1) is 8.70. The van der Waals surface area contributed by atoms with Gasteiger partial charge in [-0.15, -0.1) is 0 Å². The third kappa shape index (κ3) is 3.12. The largest absolute Gasteiger partial charge is 0.371 e. The van der Waals surface area contributed by atoms with Gasteiger partial charge in [0.15, 0.2) is 0 Å². The van der Waals surface area contributed by atoms with E-state index in [2.05, 4.69) is 43.0 Å². The molecule has 1 aromatic carbocycles. The van der Waals surface area contributed by atoms with Gasteiger partial charge in [0, 0.05) is 31.1 Å². The van der Waals surface area contributed by atoms with Gasteiger partial charge in [-0.3, -0.25) is 4.79 Å². The second-order valence-electron chi connectivity index (χ2n) is 5.28. The average Bonchev–Trinajstić information content (AvgIpc) is 2.39. The van der Waals surface area contributed by atoms with Gasteiger partial charge >= 0.3 is 0 Å². The quantitative estimate of drug-likeness (QED) is 0.808. The van der Waals surface area contributed by atoms with Gasteiger partial charge in [-0.1, -0.05) is 24.1 Å². The van der Waals surface area contributed by atoms with E-state index in [1.165, 1.54) is 17.7 Å². The van der Waals surface area contributed by atoms with Gasteiger partial charge in [0.1, 0.15) is 5.78 Å². The van der Waals surface area contributed by atoms with E-state index in [1.807, 2.05) is 0 Å². The minimum Gasteiger partial charge on any atom is -0.371 e. The first-order valence-corrected chi connectivity index (χ1v) is 7.05. The van der Waals surface area contributed by atoms with E-state index in [1.54, 1.807) is 0 Å². The molecule has 1 aromatic rings. The van der Waals surface area contributed by atoms with E-state index in [-0.39, 0.29) is 5.92 Å². The summed E-state index contributed by atoms with van der Waals surface area (Å²) in [6.45, 7) is 6.11. The van der Waals surface area contributed by atoms with Crippen LogP contribution in [0.1, 0.15) is 38.2 Å². The number of carbonyl (C=O) groups excluding carboxylic acids is 1. The first-order valence-electron chi connectivity index (χ1n) is 7.05. The second kappa shape index (κ2) is 6.03. The predicted molar refractivity (Wildman–Crippen MR) is 76.0 cm³/mol. The van der Waals surface area contributed by atoms with Crippen molar-refractivity contribution in [3.05, 3.63) is 29.8 Å². The molecule has 0 bridgehead atoms. The van der Waals surface area contributed by atoms with Gasteiger partial charge in [0.2, 0.25) is 0 Å². The number of hydrogen-bond donors (Lipinski definition) is 0. The highest BCUT2D eigenvalue weighted by atomic mass is 16.1. The maximum absolute atomic E-state index is 11.9. The first kappa shape index (κ1) is 13.1. The van der Waals surface area contributed by atoms with Crippen LogP contribution in [0.2, 0.25) is 0 Å². The van der Waals surface area contributed by atoms with Crippen LogP contribution >= 0.6 is 0 Å². The third-order valence-corrected chi connectivity index (χ3v) is 3.90. The zero-order chi connectivity index (χ0) is 13.0. The summed E-state index contributed by atoms with van der Waals surface area (Å²) in [5.74, 6) is 0.715. The van der Waals surface area contributed by atoms with Crippen molar-refractivity contribution in [3.63, 3.8) is 0 Å². The minimum absolute atomic E-state index is 0.250. The fourth-order valence-corrected chi connectivity index (χ4v) is 2.69. The lowest BCUT2D eigenvalue weighted by atomic mass is 9.87. The van der Waals surface area contributed by atoms with Crippen molar-refractivity contribution in [1.29, 1.82) is 0 Å². The van der Waals surface area contributed by atoms with Crippen molar-refractivity contribution in [3.8, 4) is 0 Å². The lowest BCUT2D eigenvalue weighted by molar-refractivity contribution is -0.124. The molecule has 0 N–H and O–H groups in total. The molecule has 2 heteroatoms. The molecule has 0 radical (unpaired) electrons. The Bertz CT molecular complexity index is 396. The number of Topliss-reactive ketones (excluding diaryl/α,β-unsaturated/α-hetero) is 1. The van der Waals surface area contributed by atoms with Crippen LogP contribution in [0.15, 0.2) is 24.3 Å². The molecule has 18 heavy (non-hydrogen) atoms. The summed E-state index contributed by atoms with van der Waals surface area (Å²) in [5, 5.41) is 0. The predicted octanol–water partition coefficient (Wildman–Crippen LogP) is 3.58. The molecule has 2 rings (SSSR count). The van der Waals surface area contributed by atoms with E-state index in [4.69, 9.17) is 0 Å². The number of rotatable bonds is 4. The van der Waals surface area contributed by atoms with E-state index in [0.29, 0.717) is 5.78 Å². The van der Waals surface area contributed by atoms with E-state index < -0.39 is 0 Å². The zero-order valence-corrected chi connectivity index (χ0v) is 11.5. The van der Waals surface area contributed by atoms with Gasteiger partial charge in [-0.25, -0.2) is 0 Å². The van der Waals surface area contributed by atoms with Gasteiger partial charge in [-0.05, 0) is 38.8 Å². The van der Waals surface area contributed by atoms with Crippen molar-refractivity contribution < 1.29 is 4.79 Å². The Kier molecular flexibility index (Phi) is 4.40. The normalized spacial score (nSPS) is 19.9. The SMILES string of the molecule is CCN(CC1CCCCC1=O)c1ccc(C)cc1. The number of nitrogens with zero attached hydrogens (tertiary/aromatic N) is 1. The molecule has 1 atom stereocenters. The third-order valence-electron chi connectivity index (χ3n) is 3.90. The Morgan fingerprint density at radius 3 is 2.56 bits per heavy atom. The van der Waals surface area contributed by atoms with Gasteiger partial charge in [0.25, 0.3) is 0 Å². The fraction of sp³-hybridized carbons (Fsp3) is 0.562. The number of carbonyl (C=O) groups is 1. The monoisotopic (exact) mass is 245 g/mol. The van der Waals surface area contributed by atoms with Crippen LogP contribution in [0, 0.1) is 12.8 Å². The summed E-state index contributed by atoms with van der Waals surface area (Å²) in [6.07, 6.45) is 4.16. The molecule has 1 fully saturated rings. The van der Waals surface area contributed by atoms with Crippen LogP contribution in [0.4, 0.5) is 5.69 Å². The number of benzene rings is 1. The van der Waals surface area contributed by atoms with Crippen LogP contribution in [0.5, 0.6) is 0 Å². The molecule has 0 aliphatic heterocycles. The Hall–Kier alpha value is -1.31. The summed E-state index contributed by atoms with van der Waals surface area (Å²) < 4.78 is 0. The molecule has 2 nitrogen and oxygen atoms in total. The Morgan fingerprint density at radius 2 is 1.94 bits per heavy atom. The van der Waals surface area contributed by atoms with Crippen molar-refractivity contribution in [2.24, 2.45) is 5.92 Å². The highest BCUT2D eigenvalue weighted by Gasteiger charge is 2.24. The summed E-state index contributed by atoms with van der Waals surface area (Å²) in [5.41, 5.74) is 2.52. The molecule has 1 aliphatic rings. The number of hydrogen-bond acceptors (Lipinski definition) is 2. The summed E-state index contributed by atoms with van der Waals surface area (Å²) in [6, 6.07) is 8.60. The van der Waals surface area contributed by atoms with Crippen LogP contribution in [0.3, 0.4) is 0 Å². The van der Waals surface area contributed by atoms with Crippen LogP contribution in [0.25, 0.3) is 0 Å². The zero-order valence-electron chi connectivity index (χ0n) is 11.5. The molecular formula is C16H23NO. The van der Waals surface area contributed by atoms with Crippen LogP contribution < -0.4 is 4.90 Å². The van der Waals surface area contributed by atoms with Crippen molar-refractivity contribution in [2.45, 2.75) is 39.5 Å². The Labute approximate surface area is 110 Å². The van der Waals surface area contributed by atoms with Gasteiger partial charge in [-0.2, -0.15) is 0 Å². The fourth-order valence-electron chi connectivity index (χ4n) is 2.69. The minimum atomic E-state index is 0.250. The smallest absolute Gasteiger partial charge is 0.137 e. The average molecular weight is 245 g/mol. The Morgan fingerprint density at radius 1 is 1.22 bits per heavy atom. The number of aryl methyl sites for hydroxylation is 1. The molecule has 98 valence electrons. The van der Waals surface area contributed by atoms with Gasteiger partial charge in [0.05, 0.1) is 0 Å². The summed E-state index contributed by atoms with van der Waals surface area (Å²) in [7, 11) is 0. The summed E-state index contributed by atoms with van der Waals surface area (Å²) in [4.78, 5) is 14.2. The topological polar surface area (TPSA) is 20.3 Å². The van der Waals surface area contributed by atoms with Crippen LogP contribution in [-0.4, -0.2) is 18.9 Å². The van der Waals surface area contributed by atoms with Crippen molar-refractivity contribution in [1.82, 2.24) is 0 Å². The van der Waals surface area contributed by atoms with Gasteiger partial charge < -0.3 is 4.90 Å². The molecule has 1 saturated carbocycles. The molecule has 1 aliphatic carbocycles. The highest BCUT2D eigenvalue weighted by molar-refractivity contribution is 5.82. The van der Waals surface area contributed by atoms with E-state index in [9.17, 15) is 4.79 Å². The lowest BCUT2D eigenvalue weighted by Crippen LogP contribution is -2.34. The Balaban J connectivity index is 2.04. The molecule has 0 saturated heterocycles. The standard InChI is InChI=1S/C16H23NO/c1-3-17(15-10-8-13(2)9-11-15)12-14-6-4-5-7-16(14)18/h8-11,14H,3-7,12H2,1-2H3. The molecule has 0 spiro atoms. The molecule has 0 heterocycles.